The number of benzene rings is 2. The Morgan fingerprint density at radius 2 is 0.848 bits per heavy atom. The molecular formula is C40H64N2O4. The van der Waals surface area contributed by atoms with Crippen LogP contribution in [0, 0.1) is 11.8 Å². The summed E-state index contributed by atoms with van der Waals surface area (Å²) in [5, 5.41) is 0. The summed E-state index contributed by atoms with van der Waals surface area (Å²) in [4.78, 5) is 33.1. The number of unbranched alkanes of at least 4 members (excludes halogenated alkanes) is 2. The summed E-state index contributed by atoms with van der Waals surface area (Å²) >= 11 is 0. The third-order valence-electron chi connectivity index (χ3n) is 8.53. The smallest absolute Gasteiger partial charge is 0.167 e. The maximum absolute atomic E-state index is 14.1. The molecule has 2 rings (SSSR count). The third-order valence-corrected chi connectivity index (χ3v) is 8.53. The fraction of sp³-hybridized carbons (Fsp3) is 0.650. The molecule has 6 heteroatoms. The quantitative estimate of drug-likeness (QED) is 0.0719. The number of nitrogens with zero attached hydrogens (tertiary/aromatic N) is 2. The van der Waals surface area contributed by atoms with E-state index in [1.807, 2.05) is 48.5 Å². The van der Waals surface area contributed by atoms with Crippen molar-refractivity contribution in [3.63, 3.8) is 0 Å². The molecule has 258 valence electrons. The van der Waals surface area contributed by atoms with Crippen LogP contribution in [0.4, 0.5) is 0 Å². The summed E-state index contributed by atoms with van der Waals surface area (Å²) in [6.07, 6.45) is 9.75. The number of Topliss-reactive ketones (excluding diaryl/α,β-unsaturated/α-hetero) is 2. The second-order valence-corrected chi connectivity index (χ2v) is 12.8. The molecule has 0 amide bonds. The molecule has 0 heterocycles. The highest BCUT2D eigenvalue weighted by atomic mass is 16.5. The van der Waals surface area contributed by atoms with Crippen LogP contribution < -0.4 is 9.47 Å². The number of hydrogen-bond donors (Lipinski definition) is 0. The predicted octanol–water partition coefficient (Wildman–Crippen LogP) is 9.37. The summed E-state index contributed by atoms with van der Waals surface area (Å²) in [7, 11) is 0. The van der Waals surface area contributed by atoms with Gasteiger partial charge in [0.05, 0.1) is 13.2 Å². The van der Waals surface area contributed by atoms with E-state index in [0.717, 1.165) is 100 Å². The van der Waals surface area contributed by atoms with Gasteiger partial charge in [-0.05, 0) is 126 Å². The van der Waals surface area contributed by atoms with Crippen molar-refractivity contribution in [2.45, 2.75) is 106 Å². The van der Waals surface area contributed by atoms with Gasteiger partial charge in [-0.1, -0.05) is 54.4 Å². The molecular weight excluding hydrogens is 572 g/mol. The van der Waals surface area contributed by atoms with E-state index < -0.39 is 0 Å². The zero-order chi connectivity index (χ0) is 33.6. The molecule has 2 aromatic carbocycles. The number of carbonyl (C=O) groups excluding carboxylic acids is 2. The van der Waals surface area contributed by atoms with Crippen molar-refractivity contribution in [1.29, 1.82) is 0 Å². The molecule has 0 aromatic heterocycles. The molecule has 6 nitrogen and oxygen atoms in total. The van der Waals surface area contributed by atoms with Crippen LogP contribution in [-0.4, -0.2) is 73.8 Å². The van der Waals surface area contributed by atoms with Crippen molar-refractivity contribution >= 4 is 11.6 Å². The van der Waals surface area contributed by atoms with Gasteiger partial charge in [0, 0.05) is 36.1 Å². The van der Waals surface area contributed by atoms with Gasteiger partial charge >= 0.3 is 0 Å². The molecule has 2 aromatic rings. The average Bonchev–Trinajstić information content (AvgIpc) is 3.06. The highest BCUT2D eigenvalue weighted by Crippen LogP contribution is 2.25. The Morgan fingerprint density at radius 3 is 1.13 bits per heavy atom. The van der Waals surface area contributed by atoms with Gasteiger partial charge < -0.3 is 19.3 Å². The molecule has 0 saturated heterocycles. The van der Waals surface area contributed by atoms with Gasteiger partial charge in [0.15, 0.2) is 11.6 Å². The van der Waals surface area contributed by atoms with Crippen LogP contribution >= 0.6 is 0 Å². The first-order chi connectivity index (χ1) is 22.4. The third kappa shape index (κ3) is 14.4. The molecule has 0 aliphatic rings. The number of carbonyl (C=O) groups is 2. The van der Waals surface area contributed by atoms with Crippen molar-refractivity contribution in [3.05, 3.63) is 59.7 Å². The maximum Gasteiger partial charge on any atom is 0.167 e. The molecule has 0 spiro atoms. The summed E-state index contributed by atoms with van der Waals surface area (Å²) in [5.41, 5.74) is 1.45. The summed E-state index contributed by atoms with van der Waals surface area (Å²) in [6, 6.07) is 15.3. The lowest BCUT2D eigenvalue weighted by molar-refractivity contribution is 0.0808. The fourth-order valence-corrected chi connectivity index (χ4v) is 6.06. The topological polar surface area (TPSA) is 59.1 Å². The molecule has 46 heavy (non-hydrogen) atoms. The van der Waals surface area contributed by atoms with Gasteiger partial charge in [0.1, 0.15) is 11.5 Å². The van der Waals surface area contributed by atoms with E-state index in [-0.39, 0.29) is 23.4 Å². The Balaban J connectivity index is 2.32. The van der Waals surface area contributed by atoms with Crippen LogP contribution in [0.5, 0.6) is 11.5 Å². The number of hydrogen-bond acceptors (Lipinski definition) is 6. The molecule has 2 atom stereocenters. The lowest BCUT2D eigenvalue weighted by atomic mass is 9.85. The Morgan fingerprint density at radius 1 is 0.522 bits per heavy atom. The zero-order valence-electron chi connectivity index (χ0n) is 30.0. The van der Waals surface area contributed by atoms with Gasteiger partial charge in [-0.2, -0.15) is 0 Å². The standard InChI is InChI=1S/C40H64N2O4/c1-7-13-29-45-37-21-17-33(18-22-37)39(43)35(31-41(25-9-3)26-10-4)15-16-36(32-42(27-11-5)28-12-6)40(44)34-19-23-38(24-20-34)46-30-14-8-2/h17-24,35-36H,7-16,25-32H2,1-6H3/t35-,36-/m1/s1. The molecule has 0 fully saturated rings. The Labute approximate surface area is 281 Å². The lowest BCUT2D eigenvalue weighted by Gasteiger charge is -2.29. The monoisotopic (exact) mass is 636 g/mol. The second kappa shape index (κ2) is 23.6. The van der Waals surface area contributed by atoms with Gasteiger partial charge in [0.25, 0.3) is 0 Å². The van der Waals surface area contributed by atoms with Crippen LogP contribution in [0.15, 0.2) is 48.5 Å². The van der Waals surface area contributed by atoms with Gasteiger partial charge in [-0.15, -0.1) is 0 Å². The minimum absolute atomic E-state index is 0.163. The van der Waals surface area contributed by atoms with E-state index in [2.05, 4.69) is 51.3 Å². The van der Waals surface area contributed by atoms with Gasteiger partial charge in [-0.25, -0.2) is 0 Å². The van der Waals surface area contributed by atoms with E-state index in [0.29, 0.717) is 39.1 Å². The Kier molecular flexibility index (Phi) is 20.2. The average molecular weight is 637 g/mol. The predicted molar refractivity (Wildman–Crippen MR) is 193 cm³/mol. The van der Waals surface area contributed by atoms with Crippen LogP contribution in [0.25, 0.3) is 0 Å². The van der Waals surface area contributed by atoms with Crippen LogP contribution in [-0.2, 0) is 0 Å². The highest BCUT2D eigenvalue weighted by Gasteiger charge is 2.28. The van der Waals surface area contributed by atoms with Gasteiger partial charge in [0.2, 0.25) is 0 Å². The number of ketones is 2. The molecule has 0 bridgehead atoms. The van der Waals surface area contributed by atoms with Crippen LogP contribution in [0.1, 0.15) is 126 Å². The minimum atomic E-state index is -0.180. The maximum atomic E-state index is 14.1. The summed E-state index contributed by atoms with van der Waals surface area (Å²) in [5.74, 6) is 1.58. The lowest BCUT2D eigenvalue weighted by Crippen LogP contribution is -2.37. The second-order valence-electron chi connectivity index (χ2n) is 12.8. The molecule has 0 radical (unpaired) electrons. The largest absolute Gasteiger partial charge is 0.494 e. The Bertz CT molecular complexity index is 986. The van der Waals surface area contributed by atoms with E-state index in [1.54, 1.807) is 0 Å². The minimum Gasteiger partial charge on any atom is -0.494 e. The first-order valence-electron chi connectivity index (χ1n) is 18.4. The van der Waals surface area contributed by atoms with Crippen LogP contribution in [0.3, 0.4) is 0 Å². The van der Waals surface area contributed by atoms with Crippen LogP contribution in [0.2, 0.25) is 0 Å². The summed E-state index contributed by atoms with van der Waals surface area (Å²) < 4.78 is 11.7. The molecule has 0 saturated carbocycles. The van der Waals surface area contributed by atoms with Crippen molar-refractivity contribution in [1.82, 2.24) is 9.80 Å². The highest BCUT2D eigenvalue weighted by molar-refractivity contribution is 5.99. The number of rotatable bonds is 27. The Hall–Kier alpha value is -2.70. The normalized spacial score (nSPS) is 12.8. The van der Waals surface area contributed by atoms with Crippen molar-refractivity contribution in [2.24, 2.45) is 11.8 Å². The van der Waals surface area contributed by atoms with Crippen molar-refractivity contribution in [3.8, 4) is 11.5 Å². The van der Waals surface area contributed by atoms with Crippen molar-refractivity contribution in [2.75, 3.05) is 52.5 Å². The first kappa shape index (κ1) is 39.5. The SMILES string of the molecule is CCCCOc1ccc(C(=O)[C@H](CC[C@H](CN(CCC)CCC)C(=O)c2ccc(OCCCC)cc2)CN(CCC)CCC)cc1. The van der Waals surface area contributed by atoms with E-state index in [9.17, 15) is 9.59 Å². The van der Waals surface area contributed by atoms with Crippen molar-refractivity contribution < 1.29 is 19.1 Å². The molecule has 0 aliphatic carbocycles. The zero-order valence-corrected chi connectivity index (χ0v) is 30.0. The molecule has 0 N–H and O–H groups in total. The van der Waals surface area contributed by atoms with E-state index in [4.69, 9.17) is 9.47 Å². The summed E-state index contributed by atoms with van der Waals surface area (Å²) in [6.45, 7) is 19.8. The first-order valence-corrected chi connectivity index (χ1v) is 18.4. The number of ether oxygens (including phenoxy) is 2. The van der Waals surface area contributed by atoms with E-state index in [1.165, 1.54) is 0 Å². The van der Waals surface area contributed by atoms with Gasteiger partial charge in [-0.3, -0.25) is 9.59 Å². The molecule has 0 unspecified atom stereocenters. The van der Waals surface area contributed by atoms with E-state index >= 15 is 0 Å². The fourth-order valence-electron chi connectivity index (χ4n) is 6.06. The molecule has 0 aliphatic heterocycles.